The Bertz CT molecular complexity index is 459. The van der Waals surface area contributed by atoms with Crippen LogP contribution in [-0.4, -0.2) is 40.1 Å². The van der Waals surface area contributed by atoms with E-state index in [1.807, 2.05) is 0 Å². The molecule has 4 heteroatoms. The van der Waals surface area contributed by atoms with E-state index in [1.54, 1.807) is 0 Å². The van der Waals surface area contributed by atoms with E-state index in [-0.39, 0.29) is 0 Å². The lowest BCUT2D eigenvalue weighted by atomic mass is 10.2. The predicted octanol–water partition coefficient (Wildman–Crippen LogP) is 2.14. The van der Waals surface area contributed by atoms with Crippen molar-refractivity contribution in [1.29, 1.82) is 0 Å². The molecule has 112 valence electrons. The monoisotopic (exact) mass is 276 g/mol. The summed E-state index contributed by atoms with van der Waals surface area (Å²) in [7, 11) is 0. The zero-order valence-corrected chi connectivity index (χ0v) is 13.2. The molecule has 0 spiro atoms. The minimum Gasteiger partial charge on any atom is -0.330 e. The van der Waals surface area contributed by atoms with Crippen LogP contribution in [0.4, 0.5) is 0 Å². The first-order chi connectivity index (χ1) is 9.70. The van der Waals surface area contributed by atoms with Gasteiger partial charge in [-0.3, -0.25) is 4.90 Å². The Morgan fingerprint density at radius 2 is 2.20 bits per heavy atom. The van der Waals surface area contributed by atoms with Crippen molar-refractivity contribution in [2.75, 3.05) is 19.6 Å². The number of aromatic nitrogens is 2. The lowest BCUT2D eigenvalue weighted by Gasteiger charge is -2.23. The van der Waals surface area contributed by atoms with E-state index in [0.29, 0.717) is 5.92 Å². The van der Waals surface area contributed by atoms with Crippen molar-refractivity contribution in [1.82, 2.24) is 19.8 Å². The first-order valence-corrected chi connectivity index (χ1v) is 8.23. The molecule has 2 aliphatic rings. The summed E-state index contributed by atoms with van der Waals surface area (Å²) in [4.78, 5) is 7.53. The van der Waals surface area contributed by atoms with Crippen LogP contribution in [0.5, 0.6) is 0 Å². The molecular formula is C16H28N4. The zero-order chi connectivity index (χ0) is 14.1. The number of likely N-dealkylation sites (N-methyl/N-ethyl adjacent to an activating group) is 1. The molecule has 1 aliphatic heterocycles. The predicted molar refractivity (Wildman–Crippen MR) is 82.0 cm³/mol. The molecule has 0 bridgehead atoms. The van der Waals surface area contributed by atoms with Gasteiger partial charge in [-0.15, -0.1) is 0 Å². The van der Waals surface area contributed by atoms with E-state index in [4.69, 9.17) is 4.98 Å². The maximum Gasteiger partial charge on any atom is 0.111 e. The third kappa shape index (κ3) is 2.77. The van der Waals surface area contributed by atoms with Gasteiger partial charge in [0.05, 0.1) is 5.69 Å². The topological polar surface area (TPSA) is 33.1 Å². The summed E-state index contributed by atoms with van der Waals surface area (Å²) in [5, 5.41) is 3.44. The lowest BCUT2D eigenvalue weighted by Crippen LogP contribution is -2.31. The summed E-state index contributed by atoms with van der Waals surface area (Å²) in [5.74, 6) is 1.79. The number of nitrogens with one attached hydrogen (secondary N) is 1. The fourth-order valence-electron chi connectivity index (χ4n) is 3.35. The molecule has 0 amide bonds. The molecule has 0 radical (unpaired) electrons. The van der Waals surface area contributed by atoms with Crippen LogP contribution in [0, 0.1) is 0 Å². The summed E-state index contributed by atoms with van der Waals surface area (Å²) in [6, 6.07) is 0.864. The first kappa shape index (κ1) is 14.1. The number of nitrogens with zero attached hydrogens (tertiary/aromatic N) is 3. The van der Waals surface area contributed by atoms with Gasteiger partial charge in [0.25, 0.3) is 0 Å². The number of rotatable bonds is 6. The SMILES string of the molecule is CCN(CCn1c(C(C)C)nc2c1CCNC2)C1CC1. The molecule has 1 N–H and O–H groups in total. The molecule has 2 heterocycles. The van der Waals surface area contributed by atoms with E-state index >= 15 is 0 Å². The minimum absolute atomic E-state index is 0.511. The molecule has 1 fully saturated rings. The normalized spacial score (nSPS) is 18.9. The molecule has 3 rings (SSSR count). The fraction of sp³-hybridized carbons (Fsp3) is 0.812. The van der Waals surface area contributed by atoms with E-state index in [1.165, 1.54) is 43.1 Å². The van der Waals surface area contributed by atoms with Gasteiger partial charge in [-0.2, -0.15) is 0 Å². The van der Waals surface area contributed by atoms with Gasteiger partial charge in [0.2, 0.25) is 0 Å². The van der Waals surface area contributed by atoms with Gasteiger partial charge < -0.3 is 9.88 Å². The molecular weight excluding hydrogens is 248 g/mol. The van der Waals surface area contributed by atoms with Crippen molar-refractivity contribution in [3.05, 3.63) is 17.2 Å². The van der Waals surface area contributed by atoms with E-state index in [0.717, 1.165) is 32.1 Å². The smallest absolute Gasteiger partial charge is 0.111 e. The maximum absolute atomic E-state index is 4.90. The second-order valence-corrected chi connectivity index (χ2v) is 6.46. The van der Waals surface area contributed by atoms with Gasteiger partial charge in [-0.25, -0.2) is 4.98 Å². The van der Waals surface area contributed by atoms with Gasteiger partial charge in [0, 0.05) is 50.3 Å². The Morgan fingerprint density at radius 3 is 2.85 bits per heavy atom. The fourth-order valence-corrected chi connectivity index (χ4v) is 3.35. The highest BCUT2D eigenvalue weighted by molar-refractivity contribution is 5.21. The highest BCUT2D eigenvalue weighted by Gasteiger charge is 2.28. The molecule has 1 saturated carbocycles. The summed E-state index contributed by atoms with van der Waals surface area (Å²) < 4.78 is 2.52. The number of imidazole rings is 1. The first-order valence-electron chi connectivity index (χ1n) is 8.23. The minimum atomic E-state index is 0.511. The third-order valence-electron chi connectivity index (χ3n) is 4.61. The van der Waals surface area contributed by atoms with Crippen LogP contribution in [0.25, 0.3) is 0 Å². The van der Waals surface area contributed by atoms with E-state index < -0.39 is 0 Å². The van der Waals surface area contributed by atoms with Crippen molar-refractivity contribution in [2.45, 2.75) is 65.1 Å². The second-order valence-electron chi connectivity index (χ2n) is 6.46. The molecule has 0 atom stereocenters. The summed E-state index contributed by atoms with van der Waals surface area (Å²) in [6.45, 7) is 12.3. The van der Waals surface area contributed by atoms with Crippen LogP contribution in [0.2, 0.25) is 0 Å². The molecule has 0 unspecified atom stereocenters. The molecule has 4 nitrogen and oxygen atoms in total. The zero-order valence-electron chi connectivity index (χ0n) is 13.2. The van der Waals surface area contributed by atoms with Crippen LogP contribution in [0.15, 0.2) is 0 Å². The standard InChI is InChI=1S/C16H28N4/c1-4-19(13-5-6-13)9-10-20-15-7-8-17-11-14(15)18-16(20)12(2)3/h12-13,17H,4-11H2,1-3H3. The van der Waals surface area contributed by atoms with Gasteiger partial charge in [0.1, 0.15) is 5.82 Å². The Kier molecular flexibility index (Phi) is 4.13. The summed E-state index contributed by atoms with van der Waals surface area (Å²) >= 11 is 0. The highest BCUT2D eigenvalue weighted by atomic mass is 15.2. The highest BCUT2D eigenvalue weighted by Crippen LogP contribution is 2.27. The summed E-state index contributed by atoms with van der Waals surface area (Å²) in [6.07, 6.45) is 3.93. The van der Waals surface area contributed by atoms with Crippen molar-refractivity contribution in [2.24, 2.45) is 0 Å². The Morgan fingerprint density at radius 1 is 1.40 bits per heavy atom. The number of fused-ring (bicyclic) bond motifs is 1. The van der Waals surface area contributed by atoms with Gasteiger partial charge in [0.15, 0.2) is 0 Å². The molecule has 0 aromatic carbocycles. The third-order valence-corrected chi connectivity index (χ3v) is 4.61. The van der Waals surface area contributed by atoms with Crippen molar-refractivity contribution < 1.29 is 0 Å². The molecule has 1 aromatic heterocycles. The van der Waals surface area contributed by atoms with E-state index in [2.05, 4.69) is 35.6 Å². The van der Waals surface area contributed by atoms with Crippen LogP contribution in [-0.2, 0) is 19.5 Å². The van der Waals surface area contributed by atoms with Crippen LogP contribution >= 0.6 is 0 Å². The lowest BCUT2D eigenvalue weighted by molar-refractivity contribution is 0.263. The van der Waals surface area contributed by atoms with Gasteiger partial charge >= 0.3 is 0 Å². The average Bonchev–Trinajstić information content (AvgIpc) is 3.21. The van der Waals surface area contributed by atoms with Crippen LogP contribution in [0.1, 0.15) is 56.7 Å². The number of hydrogen-bond donors (Lipinski definition) is 1. The Balaban J connectivity index is 1.77. The van der Waals surface area contributed by atoms with E-state index in [9.17, 15) is 0 Å². The molecule has 1 aromatic rings. The van der Waals surface area contributed by atoms with Gasteiger partial charge in [-0.05, 0) is 19.4 Å². The second kappa shape index (κ2) is 5.86. The molecule has 0 saturated heterocycles. The van der Waals surface area contributed by atoms with Crippen LogP contribution < -0.4 is 5.32 Å². The Labute approximate surface area is 122 Å². The van der Waals surface area contributed by atoms with Crippen molar-refractivity contribution >= 4 is 0 Å². The summed E-state index contributed by atoms with van der Waals surface area (Å²) in [5.41, 5.74) is 2.77. The molecule has 1 aliphatic carbocycles. The van der Waals surface area contributed by atoms with Crippen molar-refractivity contribution in [3.8, 4) is 0 Å². The van der Waals surface area contributed by atoms with Gasteiger partial charge in [-0.1, -0.05) is 20.8 Å². The average molecular weight is 276 g/mol. The van der Waals surface area contributed by atoms with Crippen LogP contribution in [0.3, 0.4) is 0 Å². The number of hydrogen-bond acceptors (Lipinski definition) is 3. The molecule has 20 heavy (non-hydrogen) atoms. The quantitative estimate of drug-likeness (QED) is 0.864. The maximum atomic E-state index is 4.90. The Hall–Kier alpha value is -0.870. The largest absolute Gasteiger partial charge is 0.330 e. The van der Waals surface area contributed by atoms with Crippen molar-refractivity contribution in [3.63, 3.8) is 0 Å².